The SMILES string of the molecule is O=C(NC1CCN(CC2COc3ccccc3O2)C1)c1cn[nH]n1. The number of nitrogens with one attached hydrogen (secondary N) is 2. The molecule has 1 saturated heterocycles. The van der Waals surface area contributed by atoms with Gasteiger partial charge in [0.25, 0.3) is 5.91 Å². The highest BCUT2D eigenvalue weighted by Gasteiger charge is 2.29. The Hall–Kier alpha value is -2.61. The molecule has 3 heterocycles. The highest BCUT2D eigenvalue weighted by Crippen LogP contribution is 2.31. The van der Waals surface area contributed by atoms with Crippen LogP contribution in [0.15, 0.2) is 30.5 Å². The van der Waals surface area contributed by atoms with Gasteiger partial charge in [0.15, 0.2) is 17.2 Å². The van der Waals surface area contributed by atoms with E-state index in [1.165, 1.54) is 6.20 Å². The van der Waals surface area contributed by atoms with Crippen LogP contribution in [0.4, 0.5) is 0 Å². The fourth-order valence-corrected chi connectivity index (χ4v) is 3.13. The van der Waals surface area contributed by atoms with Gasteiger partial charge >= 0.3 is 0 Å². The number of fused-ring (bicyclic) bond motifs is 1. The average molecular weight is 329 g/mol. The molecule has 2 unspecified atom stereocenters. The number of nitrogens with zero attached hydrogens (tertiary/aromatic N) is 3. The predicted octanol–water partition coefficient (Wildman–Crippen LogP) is 0.449. The second kappa shape index (κ2) is 6.48. The van der Waals surface area contributed by atoms with E-state index >= 15 is 0 Å². The normalized spacial score (nSPS) is 23.2. The fourth-order valence-electron chi connectivity index (χ4n) is 3.13. The first-order valence-electron chi connectivity index (χ1n) is 8.05. The Morgan fingerprint density at radius 2 is 2.25 bits per heavy atom. The van der Waals surface area contributed by atoms with E-state index in [0.717, 1.165) is 37.6 Å². The van der Waals surface area contributed by atoms with Gasteiger partial charge in [-0.3, -0.25) is 9.69 Å². The van der Waals surface area contributed by atoms with Crippen LogP contribution in [-0.2, 0) is 0 Å². The summed E-state index contributed by atoms with van der Waals surface area (Å²) in [6.45, 7) is 3.05. The van der Waals surface area contributed by atoms with Crippen molar-refractivity contribution in [3.63, 3.8) is 0 Å². The molecule has 0 spiro atoms. The molecule has 2 N–H and O–H groups in total. The number of aromatic nitrogens is 3. The zero-order valence-electron chi connectivity index (χ0n) is 13.1. The highest BCUT2D eigenvalue weighted by molar-refractivity contribution is 5.92. The largest absolute Gasteiger partial charge is 0.486 e. The van der Waals surface area contributed by atoms with Gasteiger partial charge in [-0.15, -0.1) is 0 Å². The number of amides is 1. The van der Waals surface area contributed by atoms with Crippen molar-refractivity contribution < 1.29 is 14.3 Å². The first kappa shape index (κ1) is 14.9. The molecule has 1 aromatic heterocycles. The molecular weight excluding hydrogens is 310 g/mol. The number of aromatic amines is 1. The van der Waals surface area contributed by atoms with Crippen LogP contribution in [0.5, 0.6) is 11.5 Å². The van der Waals surface area contributed by atoms with Gasteiger partial charge in [0, 0.05) is 25.7 Å². The zero-order chi connectivity index (χ0) is 16.4. The minimum atomic E-state index is -0.193. The first-order chi connectivity index (χ1) is 11.8. The summed E-state index contributed by atoms with van der Waals surface area (Å²) in [5.41, 5.74) is 0.314. The second-order valence-electron chi connectivity index (χ2n) is 6.07. The third kappa shape index (κ3) is 3.18. The van der Waals surface area contributed by atoms with Crippen LogP contribution >= 0.6 is 0 Å². The van der Waals surface area contributed by atoms with E-state index in [9.17, 15) is 4.79 Å². The summed E-state index contributed by atoms with van der Waals surface area (Å²) in [5, 5.41) is 12.9. The van der Waals surface area contributed by atoms with Gasteiger partial charge < -0.3 is 14.8 Å². The Balaban J connectivity index is 1.28. The van der Waals surface area contributed by atoms with Gasteiger partial charge in [-0.1, -0.05) is 12.1 Å². The molecule has 8 heteroatoms. The molecular formula is C16H19N5O3. The van der Waals surface area contributed by atoms with Crippen molar-refractivity contribution in [1.29, 1.82) is 0 Å². The van der Waals surface area contributed by atoms with E-state index in [1.54, 1.807) is 0 Å². The van der Waals surface area contributed by atoms with Gasteiger partial charge in [-0.25, -0.2) is 0 Å². The van der Waals surface area contributed by atoms with Crippen LogP contribution in [0.3, 0.4) is 0 Å². The maximum atomic E-state index is 12.0. The number of carbonyl (C=O) groups is 1. The maximum absolute atomic E-state index is 12.0. The van der Waals surface area contributed by atoms with Crippen molar-refractivity contribution in [3.8, 4) is 11.5 Å². The third-order valence-corrected chi connectivity index (χ3v) is 4.28. The van der Waals surface area contributed by atoms with Crippen LogP contribution < -0.4 is 14.8 Å². The fraction of sp³-hybridized carbons (Fsp3) is 0.438. The summed E-state index contributed by atoms with van der Waals surface area (Å²) in [5.74, 6) is 1.40. The number of hydrogen-bond acceptors (Lipinski definition) is 6. The molecule has 0 saturated carbocycles. The number of benzene rings is 1. The monoisotopic (exact) mass is 329 g/mol. The number of carbonyl (C=O) groups excluding carboxylic acids is 1. The molecule has 2 aliphatic rings. The summed E-state index contributed by atoms with van der Waals surface area (Å²) in [6, 6.07) is 7.83. The molecule has 4 rings (SSSR count). The van der Waals surface area contributed by atoms with Gasteiger partial charge in [-0.2, -0.15) is 15.4 Å². The number of hydrogen-bond donors (Lipinski definition) is 2. The van der Waals surface area contributed by atoms with E-state index in [-0.39, 0.29) is 18.1 Å². The van der Waals surface area contributed by atoms with E-state index in [4.69, 9.17) is 9.47 Å². The molecule has 8 nitrogen and oxygen atoms in total. The molecule has 2 aromatic rings. The Morgan fingerprint density at radius 1 is 1.38 bits per heavy atom. The molecule has 1 aromatic carbocycles. The van der Waals surface area contributed by atoms with Crippen molar-refractivity contribution >= 4 is 5.91 Å². The molecule has 1 amide bonds. The summed E-state index contributed by atoms with van der Waals surface area (Å²) < 4.78 is 11.7. The summed E-state index contributed by atoms with van der Waals surface area (Å²) in [4.78, 5) is 14.3. The number of H-pyrrole nitrogens is 1. The number of rotatable bonds is 4. The van der Waals surface area contributed by atoms with Gasteiger partial charge in [0.05, 0.1) is 6.20 Å². The lowest BCUT2D eigenvalue weighted by Gasteiger charge is -2.29. The smallest absolute Gasteiger partial charge is 0.273 e. The highest BCUT2D eigenvalue weighted by atomic mass is 16.6. The Kier molecular flexibility index (Phi) is 4.04. The molecule has 0 radical (unpaired) electrons. The van der Waals surface area contributed by atoms with E-state index in [0.29, 0.717) is 12.3 Å². The predicted molar refractivity (Wildman–Crippen MR) is 85.0 cm³/mol. The third-order valence-electron chi connectivity index (χ3n) is 4.28. The topological polar surface area (TPSA) is 92.4 Å². The molecule has 2 aliphatic heterocycles. The minimum absolute atomic E-state index is 0.00453. The van der Waals surface area contributed by atoms with Crippen LogP contribution in [0.1, 0.15) is 16.9 Å². The van der Waals surface area contributed by atoms with Crippen LogP contribution in [-0.4, -0.2) is 64.6 Å². The summed E-state index contributed by atoms with van der Waals surface area (Å²) in [6.07, 6.45) is 2.34. The van der Waals surface area contributed by atoms with Crippen molar-refractivity contribution in [3.05, 3.63) is 36.2 Å². The lowest BCUT2D eigenvalue weighted by atomic mass is 10.2. The molecule has 0 bridgehead atoms. The molecule has 24 heavy (non-hydrogen) atoms. The van der Waals surface area contributed by atoms with Crippen molar-refractivity contribution in [2.24, 2.45) is 0 Å². The number of para-hydroxylation sites is 2. The Bertz CT molecular complexity index is 705. The maximum Gasteiger partial charge on any atom is 0.273 e. The molecule has 126 valence electrons. The lowest BCUT2D eigenvalue weighted by molar-refractivity contribution is 0.0643. The van der Waals surface area contributed by atoms with Crippen LogP contribution in [0.25, 0.3) is 0 Å². The standard InChI is InChI=1S/C16H19N5O3/c22-16(13-7-17-20-19-13)18-11-5-6-21(8-11)9-12-10-23-14-3-1-2-4-15(14)24-12/h1-4,7,11-12H,5-6,8-10H2,(H,18,22)(H,17,19,20). The van der Waals surface area contributed by atoms with Gasteiger partial charge in [0.2, 0.25) is 0 Å². The minimum Gasteiger partial charge on any atom is -0.486 e. The van der Waals surface area contributed by atoms with Crippen molar-refractivity contribution in [2.75, 3.05) is 26.2 Å². The second-order valence-corrected chi connectivity index (χ2v) is 6.07. The summed E-state index contributed by atoms with van der Waals surface area (Å²) >= 11 is 0. The van der Waals surface area contributed by atoms with Crippen molar-refractivity contribution in [1.82, 2.24) is 25.6 Å². The van der Waals surface area contributed by atoms with E-state index < -0.39 is 0 Å². The Labute approximate surface area is 139 Å². The molecule has 2 atom stereocenters. The average Bonchev–Trinajstić information content (AvgIpc) is 3.27. The zero-order valence-corrected chi connectivity index (χ0v) is 13.1. The summed E-state index contributed by atoms with van der Waals surface area (Å²) in [7, 11) is 0. The first-order valence-corrected chi connectivity index (χ1v) is 8.05. The number of likely N-dealkylation sites (tertiary alicyclic amines) is 1. The van der Waals surface area contributed by atoms with Crippen molar-refractivity contribution in [2.45, 2.75) is 18.6 Å². The number of ether oxygens (including phenoxy) is 2. The van der Waals surface area contributed by atoms with Gasteiger partial charge in [-0.05, 0) is 18.6 Å². The van der Waals surface area contributed by atoms with Crippen LogP contribution in [0.2, 0.25) is 0 Å². The quantitative estimate of drug-likeness (QED) is 0.846. The lowest BCUT2D eigenvalue weighted by Crippen LogP contribution is -2.42. The molecule has 1 fully saturated rings. The Morgan fingerprint density at radius 3 is 3.08 bits per heavy atom. The van der Waals surface area contributed by atoms with E-state index in [1.807, 2.05) is 24.3 Å². The molecule has 0 aliphatic carbocycles. The van der Waals surface area contributed by atoms with E-state index in [2.05, 4.69) is 25.6 Å². The van der Waals surface area contributed by atoms with Crippen LogP contribution in [0, 0.1) is 0 Å². The van der Waals surface area contributed by atoms with Gasteiger partial charge in [0.1, 0.15) is 12.7 Å².